The number of hydrogen-bond donors (Lipinski definition) is 1. The van der Waals surface area contributed by atoms with Crippen molar-refractivity contribution in [2.75, 3.05) is 37.5 Å². The van der Waals surface area contributed by atoms with E-state index >= 15 is 0 Å². The smallest absolute Gasteiger partial charge is 0.254 e. The summed E-state index contributed by atoms with van der Waals surface area (Å²) in [5.74, 6) is 0.857. The number of sulfone groups is 1. The van der Waals surface area contributed by atoms with E-state index in [0.717, 1.165) is 5.75 Å². The van der Waals surface area contributed by atoms with E-state index < -0.39 is 21.3 Å². The highest BCUT2D eigenvalue weighted by molar-refractivity contribution is 8.01. The van der Waals surface area contributed by atoms with Gasteiger partial charge in [-0.1, -0.05) is 6.92 Å². The summed E-state index contributed by atoms with van der Waals surface area (Å²) >= 11 is 1.55. The highest BCUT2D eigenvalue weighted by Crippen LogP contribution is 2.22. The van der Waals surface area contributed by atoms with Crippen LogP contribution in [-0.4, -0.2) is 68.2 Å². The molecule has 0 spiro atoms. The van der Waals surface area contributed by atoms with Crippen molar-refractivity contribution < 1.29 is 17.9 Å². The molecule has 2 unspecified atom stereocenters. The molecule has 0 bridgehead atoms. The normalized spacial score (nSPS) is 22.8. The third-order valence-electron chi connectivity index (χ3n) is 2.96. The topological polar surface area (TPSA) is 89.7 Å². The fourth-order valence-corrected chi connectivity index (χ4v) is 4.78. The van der Waals surface area contributed by atoms with Gasteiger partial charge in [-0.2, -0.15) is 11.8 Å². The van der Waals surface area contributed by atoms with Crippen LogP contribution >= 0.6 is 11.8 Å². The first kappa shape index (κ1) is 15.7. The van der Waals surface area contributed by atoms with Crippen LogP contribution in [0, 0.1) is 0 Å². The molecule has 1 rings (SSSR count). The minimum absolute atomic E-state index is 0.0300. The summed E-state index contributed by atoms with van der Waals surface area (Å²) in [4.78, 5) is 13.6. The van der Waals surface area contributed by atoms with Crippen molar-refractivity contribution >= 4 is 27.5 Å². The van der Waals surface area contributed by atoms with E-state index in [-0.39, 0.29) is 18.2 Å². The Labute approximate surface area is 112 Å². The van der Waals surface area contributed by atoms with Crippen molar-refractivity contribution in [2.45, 2.75) is 18.4 Å². The van der Waals surface area contributed by atoms with E-state index in [1.54, 1.807) is 18.7 Å². The Morgan fingerprint density at radius 2 is 2.28 bits per heavy atom. The lowest BCUT2D eigenvalue weighted by molar-refractivity contribution is -0.141. The minimum atomic E-state index is -3.28. The van der Waals surface area contributed by atoms with Gasteiger partial charge in [-0.3, -0.25) is 4.79 Å². The number of rotatable bonds is 5. The van der Waals surface area contributed by atoms with E-state index in [0.29, 0.717) is 12.3 Å². The quantitative estimate of drug-likeness (QED) is 0.721. The number of thioether (sulfide) groups is 1. The molecule has 2 atom stereocenters. The molecule has 0 aromatic rings. The zero-order valence-electron chi connectivity index (χ0n) is 10.7. The molecule has 2 N–H and O–H groups in total. The molecular formula is C10H20N2O4S2. The lowest BCUT2D eigenvalue weighted by Crippen LogP contribution is -2.55. The van der Waals surface area contributed by atoms with Crippen LogP contribution in [0.5, 0.6) is 0 Å². The van der Waals surface area contributed by atoms with Gasteiger partial charge in [-0.25, -0.2) is 8.42 Å². The van der Waals surface area contributed by atoms with E-state index in [4.69, 9.17) is 10.5 Å². The van der Waals surface area contributed by atoms with Crippen LogP contribution in [0.15, 0.2) is 0 Å². The predicted molar refractivity (Wildman–Crippen MR) is 72.1 cm³/mol. The summed E-state index contributed by atoms with van der Waals surface area (Å²) in [5.41, 5.74) is 5.45. The average Bonchev–Trinajstić information content (AvgIpc) is 2.40. The van der Waals surface area contributed by atoms with Crippen LogP contribution in [-0.2, 0) is 19.4 Å². The SMILES string of the molecule is CCS(=O)(=O)C1CSCCN1C(=O)C(CN)OC. The van der Waals surface area contributed by atoms with Gasteiger partial charge in [-0.15, -0.1) is 0 Å². The molecule has 1 heterocycles. The highest BCUT2D eigenvalue weighted by atomic mass is 32.2. The van der Waals surface area contributed by atoms with Crippen LogP contribution in [0.25, 0.3) is 0 Å². The molecule has 0 aliphatic carbocycles. The van der Waals surface area contributed by atoms with E-state index in [1.807, 2.05) is 0 Å². The number of hydrogen-bond acceptors (Lipinski definition) is 6. The van der Waals surface area contributed by atoms with E-state index in [1.165, 1.54) is 12.0 Å². The van der Waals surface area contributed by atoms with Crippen molar-refractivity contribution in [1.82, 2.24) is 4.90 Å². The number of carbonyl (C=O) groups excluding carboxylic acids is 1. The van der Waals surface area contributed by atoms with Crippen molar-refractivity contribution in [2.24, 2.45) is 5.73 Å². The Balaban J connectivity index is 2.93. The van der Waals surface area contributed by atoms with E-state index in [9.17, 15) is 13.2 Å². The minimum Gasteiger partial charge on any atom is -0.370 e. The summed E-state index contributed by atoms with van der Waals surface area (Å²) in [6.45, 7) is 2.07. The number of carbonyl (C=O) groups is 1. The number of nitrogens with two attached hydrogens (primary N) is 1. The Morgan fingerprint density at radius 1 is 1.61 bits per heavy atom. The third-order valence-corrected chi connectivity index (χ3v) is 6.25. The molecule has 1 aliphatic heterocycles. The fraction of sp³-hybridized carbons (Fsp3) is 0.900. The Kier molecular flexibility index (Phi) is 5.90. The summed E-state index contributed by atoms with van der Waals surface area (Å²) in [6.07, 6.45) is -0.761. The molecule has 1 fully saturated rings. The van der Waals surface area contributed by atoms with Crippen LogP contribution in [0.4, 0.5) is 0 Å². The van der Waals surface area contributed by atoms with Crippen molar-refractivity contribution in [3.8, 4) is 0 Å². The maximum atomic E-state index is 12.2. The zero-order valence-corrected chi connectivity index (χ0v) is 12.3. The number of methoxy groups -OCH3 is 1. The van der Waals surface area contributed by atoms with Gasteiger partial charge in [-0.05, 0) is 0 Å². The molecule has 0 aromatic heterocycles. The number of amides is 1. The Hall–Kier alpha value is -0.310. The molecule has 1 saturated heterocycles. The van der Waals surface area contributed by atoms with Crippen molar-refractivity contribution in [3.05, 3.63) is 0 Å². The molecule has 0 saturated carbocycles. The first-order valence-corrected chi connectivity index (χ1v) is 8.67. The molecule has 1 amide bonds. The maximum absolute atomic E-state index is 12.2. The van der Waals surface area contributed by atoms with Gasteiger partial charge >= 0.3 is 0 Å². The van der Waals surface area contributed by atoms with Crippen LogP contribution in [0.2, 0.25) is 0 Å². The van der Waals surface area contributed by atoms with Crippen molar-refractivity contribution in [3.63, 3.8) is 0 Å². The summed E-state index contributed by atoms with van der Waals surface area (Å²) in [5, 5.41) is -0.752. The van der Waals surface area contributed by atoms with Gasteiger partial charge in [0, 0.05) is 37.5 Å². The second-order valence-corrected chi connectivity index (χ2v) is 7.57. The second-order valence-electron chi connectivity index (χ2n) is 3.97. The monoisotopic (exact) mass is 296 g/mol. The maximum Gasteiger partial charge on any atom is 0.254 e. The van der Waals surface area contributed by atoms with Gasteiger partial charge in [0.25, 0.3) is 5.91 Å². The van der Waals surface area contributed by atoms with Gasteiger partial charge in [0.1, 0.15) is 11.5 Å². The second kappa shape index (κ2) is 6.74. The molecule has 6 nitrogen and oxygen atoms in total. The average molecular weight is 296 g/mol. The largest absolute Gasteiger partial charge is 0.370 e. The summed E-state index contributed by atoms with van der Waals surface area (Å²) in [6, 6.07) is 0. The van der Waals surface area contributed by atoms with Gasteiger partial charge < -0.3 is 15.4 Å². The predicted octanol–water partition coefficient (Wildman–Crippen LogP) is -0.704. The van der Waals surface area contributed by atoms with Gasteiger partial charge in [0.15, 0.2) is 9.84 Å². The molecular weight excluding hydrogens is 276 g/mol. The number of nitrogens with zero attached hydrogens (tertiary/aromatic N) is 1. The van der Waals surface area contributed by atoms with E-state index in [2.05, 4.69) is 0 Å². The Bertz CT molecular complexity index is 381. The molecule has 1 aliphatic rings. The first-order chi connectivity index (χ1) is 8.47. The molecule has 8 heteroatoms. The number of ether oxygens (including phenoxy) is 1. The third kappa shape index (κ3) is 3.37. The van der Waals surface area contributed by atoms with Crippen LogP contribution < -0.4 is 5.73 Å². The zero-order chi connectivity index (χ0) is 13.8. The standard InChI is InChI=1S/C10H20N2O4S2/c1-3-18(14,15)9-7-17-5-4-12(9)10(13)8(6-11)16-2/h8-9H,3-7,11H2,1-2H3. The van der Waals surface area contributed by atoms with Crippen LogP contribution in [0.3, 0.4) is 0 Å². The molecule has 0 aromatic carbocycles. The fourth-order valence-electron chi connectivity index (χ4n) is 1.81. The molecule has 18 heavy (non-hydrogen) atoms. The summed E-state index contributed by atoms with van der Waals surface area (Å²) < 4.78 is 29.0. The molecule has 0 radical (unpaired) electrons. The molecule has 106 valence electrons. The lowest BCUT2D eigenvalue weighted by atomic mass is 10.3. The van der Waals surface area contributed by atoms with Crippen LogP contribution in [0.1, 0.15) is 6.92 Å². The summed E-state index contributed by atoms with van der Waals surface area (Å²) in [7, 11) is -1.88. The first-order valence-electron chi connectivity index (χ1n) is 5.80. The van der Waals surface area contributed by atoms with Gasteiger partial charge in [0.05, 0.1) is 0 Å². The van der Waals surface area contributed by atoms with Gasteiger partial charge in [0.2, 0.25) is 0 Å². The lowest BCUT2D eigenvalue weighted by Gasteiger charge is -2.36. The highest BCUT2D eigenvalue weighted by Gasteiger charge is 2.37. The van der Waals surface area contributed by atoms with Crippen molar-refractivity contribution in [1.29, 1.82) is 0 Å². The Morgan fingerprint density at radius 3 is 2.78 bits per heavy atom.